The van der Waals surface area contributed by atoms with E-state index in [1.807, 2.05) is 0 Å². The van der Waals surface area contributed by atoms with Gasteiger partial charge in [0.1, 0.15) is 11.6 Å². The molecule has 2 heteroatoms. The van der Waals surface area contributed by atoms with Crippen LogP contribution in [0.1, 0.15) is 71.6 Å². The fraction of sp³-hybridized carbons (Fsp3) is 0.895. The molecule has 0 spiro atoms. The van der Waals surface area contributed by atoms with Crippen molar-refractivity contribution in [3.05, 3.63) is 0 Å². The summed E-state index contributed by atoms with van der Waals surface area (Å²) in [5.74, 6) is 2.67. The van der Waals surface area contributed by atoms with E-state index in [9.17, 15) is 9.59 Å². The van der Waals surface area contributed by atoms with Crippen molar-refractivity contribution in [2.45, 2.75) is 71.6 Å². The summed E-state index contributed by atoms with van der Waals surface area (Å²) < 4.78 is 0. The molecule has 0 radical (unpaired) electrons. The van der Waals surface area contributed by atoms with Crippen LogP contribution >= 0.6 is 0 Å². The van der Waals surface area contributed by atoms with Crippen LogP contribution in [0.15, 0.2) is 0 Å². The topological polar surface area (TPSA) is 34.1 Å². The molecule has 0 bridgehead atoms. The van der Waals surface area contributed by atoms with Crippen LogP contribution in [0.3, 0.4) is 0 Å². The molecule has 0 aromatic heterocycles. The van der Waals surface area contributed by atoms with Gasteiger partial charge < -0.3 is 0 Å². The molecule has 4 aliphatic carbocycles. The Kier molecular flexibility index (Phi) is 2.94. The van der Waals surface area contributed by atoms with E-state index in [4.69, 9.17) is 0 Å². The Hall–Kier alpha value is -0.660. The maximum absolute atomic E-state index is 12.9. The Morgan fingerprint density at radius 2 is 1.81 bits per heavy atom. The van der Waals surface area contributed by atoms with Crippen molar-refractivity contribution in [1.82, 2.24) is 0 Å². The first-order chi connectivity index (χ1) is 9.97. The summed E-state index contributed by atoms with van der Waals surface area (Å²) >= 11 is 0. The van der Waals surface area contributed by atoms with E-state index >= 15 is 0 Å². The lowest BCUT2D eigenvalue weighted by molar-refractivity contribution is -0.157. The zero-order chi connectivity index (χ0) is 14.8. The quantitative estimate of drug-likeness (QED) is 0.670. The Morgan fingerprint density at radius 3 is 2.62 bits per heavy atom. The molecule has 6 atom stereocenters. The Morgan fingerprint density at radius 1 is 1.00 bits per heavy atom. The first-order valence-corrected chi connectivity index (χ1v) is 9.03. The van der Waals surface area contributed by atoms with E-state index in [1.54, 1.807) is 0 Å². The zero-order valence-electron chi connectivity index (χ0n) is 13.5. The van der Waals surface area contributed by atoms with Crippen LogP contribution in [-0.2, 0) is 9.59 Å². The van der Waals surface area contributed by atoms with Crippen molar-refractivity contribution in [3.8, 4) is 0 Å². The van der Waals surface area contributed by atoms with Crippen molar-refractivity contribution in [2.75, 3.05) is 0 Å². The van der Waals surface area contributed by atoms with Crippen LogP contribution in [0.2, 0.25) is 0 Å². The molecule has 4 saturated carbocycles. The first kappa shape index (κ1) is 14.0. The van der Waals surface area contributed by atoms with Gasteiger partial charge in [-0.25, -0.2) is 0 Å². The van der Waals surface area contributed by atoms with E-state index < -0.39 is 0 Å². The third-order valence-corrected chi connectivity index (χ3v) is 8.06. The van der Waals surface area contributed by atoms with Gasteiger partial charge in [0.15, 0.2) is 0 Å². The number of ketones is 2. The van der Waals surface area contributed by atoms with Crippen molar-refractivity contribution in [3.63, 3.8) is 0 Å². The molecule has 0 aromatic carbocycles. The molecule has 4 aliphatic rings. The van der Waals surface area contributed by atoms with Crippen LogP contribution in [0.5, 0.6) is 0 Å². The lowest BCUT2D eigenvalue weighted by Gasteiger charge is -2.58. The summed E-state index contributed by atoms with van der Waals surface area (Å²) in [5.41, 5.74) is 0.0249. The molecular formula is C19H28O2. The van der Waals surface area contributed by atoms with E-state index in [0.29, 0.717) is 35.2 Å². The van der Waals surface area contributed by atoms with Crippen LogP contribution in [0, 0.1) is 34.5 Å². The Bertz CT molecular complexity index is 496. The molecule has 0 heterocycles. The van der Waals surface area contributed by atoms with Crippen molar-refractivity contribution in [1.29, 1.82) is 0 Å². The Labute approximate surface area is 128 Å². The highest BCUT2D eigenvalue weighted by molar-refractivity contribution is 5.97. The minimum Gasteiger partial charge on any atom is -0.299 e. The fourth-order valence-corrected chi connectivity index (χ4v) is 6.77. The summed E-state index contributed by atoms with van der Waals surface area (Å²) in [6.07, 6.45) is 10.0. The molecule has 6 unspecified atom stereocenters. The monoisotopic (exact) mass is 288 g/mol. The molecule has 0 amide bonds. The second kappa shape index (κ2) is 4.43. The largest absolute Gasteiger partial charge is 0.299 e. The molecule has 2 nitrogen and oxygen atoms in total. The van der Waals surface area contributed by atoms with Gasteiger partial charge in [0.05, 0.1) is 0 Å². The van der Waals surface area contributed by atoms with E-state index in [1.165, 1.54) is 38.5 Å². The molecule has 116 valence electrons. The van der Waals surface area contributed by atoms with Crippen LogP contribution < -0.4 is 0 Å². The lowest BCUT2D eigenvalue weighted by atomic mass is 9.45. The molecule has 0 N–H and O–H groups in total. The standard InChI is InChI=1S/C19H28O2/c1-18-9-4-3-5-12(18)6-7-13-14(18)11-16(21)19(2)10-8-15(20)17(13)19/h12-14,17H,3-11H2,1-2H3. The molecule has 21 heavy (non-hydrogen) atoms. The second-order valence-electron chi connectivity index (χ2n) is 8.78. The highest BCUT2D eigenvalue weighted by Crippen LogP contribution is 2.64. The van der Waals surface area contributed by atoms with E-state index in [-0.39, 0.29) is 11.3 Å². The summed E-state index contributed by atoms with van der Waals surface area (Å²) in [4.78, 5) is 25.4. The second-order valence-corrected chi connectivity index (χ2v) is 8.78. The van der Waals surface area contributed by atoms with Gasteiger partial charge >= 0.3 is 0 Å². The third-order valence-electron chi connectivity index (χ3n) is 8.06. The van der Waals surface area contributed by atoms with Crippen molar-refractivity contribution >= 4 is 11.6 Å². The highest BCUT2D eigenvalue weighted by atomic mass is 16.1. The zero-order valence-corrected chi connectivity index (χ0v) is 13.5. The number of hydrogen-bond donors (Lipinski definition) is 0. The molecular weight excluding hydrogens is 260 g/mol. The van der Waals surface area contributed by atoms with Gasteiger partial charge in [0, 0.05) is 24.2 Å². The van der Waals surface area contributed by atoms with Crippen LogP contribution in [0.25, 0.3) is 0 Å². The molecule has 0 aromatic rings. The average molecular weight is 288 g/mol. The number of carbonyl (C=O) groups excluding carboxylic acids is 2. The van der Waals surface area contributed by atoms with Gasteiger partial charge in [0.2, 0.25) is 0 Å². The molecule has 0 aliphatic heterocycles. The highest BCUT2D eigenvalue weighted by Gasteiger charge is 2.62. The van der Waals surface area contributed by atoms with Crippen LogP contribution in [-0.4, -0.2) is 11.6 Å². The maximum Gasteiger partial charge on any atom is 0.139 e. The summed E-state index contributed by atoms with van der Waals surface area (Å²) in [7, 11) is 0. The molecule has 4 rings (SSSR count). The van der Waals surface area contributed by atoms with Crippen LogP contribution in [0.4, 0.5) is 0 Å². The average Bonchev–Trinajstić information content (AvgIpc) is 2.77. The van der Waals surface area contributed by atoms with Crippen molar-refractivity contribution in [2.24, 2.45) is 34.5 Å². The predicted octanol–water partition coefficient (Wildman–Crippen LogP) is 4.17. The summed E-state index contributed by atoms with van der Waals surface area (Å²) in [5, 5.41) is 0. The normalized spacial score (nSPS) is 53.0. The smallest absolute Gasteiger partial charge is 0.139 e. The predicted molar refractivity (Wildman–Crippen MR) is 81.7 cm³/mol. The van der Waals surface area contributed by atoms with Gasteiger partial charge in [-0.15, -0.1) is 0 Å². The molecule has 0 saturated heterocycles. The SMILES string of the molecule is CC12CCC(=O)C1C1CCC3CCCCC3(C)C1CC2=O. The fourth-order valence-electron chi connectivity index (χ4n) is 6.77. The van der Waals surface area contributed by atoms with Gasteiger partial charge in [0.25, 0.3) is 0 Å². The number of Topliss-reactive ketones (excluding diaryl/α,β-unsaturated/α-hetero) is 2. The van der Waals surface area contributed by atoms with Gasteiger partial charge in [-0.2, -0.15) is 0 Å². The summed E-state index contributed by atoms with van der Waals surface area (Å²) in [6.45, 7) is 4.54. The maximum atomic E-state index is 12.9. The summed E-state index contributed by atoms with van der Waals surface area (Å²) in [6, 6.07) is 0. The van der Waals surface area contributed by atoms with Gasteiger partial charge in [-0.3, -0.25) is 9.59 Å². The minimum atomic E-state index is -0.309. The minimum absolute atomic E-state index is 0.0588. The van der Waals surface area contributed by atoms with E-state index in [0.717, 1.165) is 18.8 Å². The number of rotatable bonds is 0. The lowest BCUT2D eigenvalue weighted by Crippen LogP contribution is -2.56. The van der Waals surface area contributed by atoms with Crippen molar-refractivity contribution < 1.29 is 9.59 Å². The van der Waals surface area contributed by atoms with E-state index in [2.05, 4.69) is 13.8 Å². The Balaban J connectivity index is 1.74. The third kappa shape index (κ3) is 1.71. The number of hydrogen-bond acceptors (Lipinski definition) is 2. The number of carbonyl (C=O) groups is 2. The van der Waals surface area contributed by atoms with Gasteiger partial charge in [-0.05, 0) is 55.3 Å². The number of fused-ring (bicyclic) bond motifs is 5. The van der Waals surface area contributed by atoms with Gasteiger partial charge in [-0.1, -0.05) is 26.7 Å². The first-order valence-electron chi connectivity index (χ1n) is 9.03. The molecule has 4 fully saturated rings.